The van der Waals surface area contributed by atoms with E-state index in [9.17, 15) is 13.6 Å². The average molecular weight is 458 g/mol. The number of aromatic nitrogens is 1. The highest BCUT2D eigenvalue weighted by atomic mass is 79.9. The summed E-state index contributed by atoms with van der Waals surface area (Å²) in [5, 5.41) is 6.02. The molecule has 1 amide bonds. The molecule has 1 aromatic heterocycles. The number of halogens is 4. The van der Waals surface area contributed by atoms with Crippen LogP contribution >= 0.6 is 31.9 Å². The molecule has 0 aliphatic heterocycles. The average Bonchev–Trinajstić information content (AvgIpc) is 3.01. The van der Waals surface area contributed by atoms with Gasteiger partial charge >= 0.3 is 0 Å². The highest BCUT2D eigenvalue weighted by Crippen LogP contribution is 2.28. The van der Waals surface area contributed by atoms with Crippen molar-refractivity contribution in [2.45, 2.75) is 0 Å². The van der Waals surface area contributed by atoms with Crippen LogP contribution in [0.2, 0.25) is 0 Å². The number of hydrogen-bond acceptors (Lipinski definition) is 3. The predicted molar refractivity (Wildman–Crippen MR) is 91.7 cm³/mol. The Bertz CT molecular complexity index is 888. The van der Waals surface area contributed by atoms with Crippen LogP contribution in [0.5, 0.6) is 0 Å². The van der Waals surface area contributed by atoms with E-state index in [1.165, 1.54) is 6.07 Å². The third-order valence-corrected chi connectivity index (χ3v) is 4.27. The number of carbonyl (C=O) groups is 1. The Morgan fingerprint density at radius 3 is 2.46 bits per heavy atom. The lowest BCUT2D eigenvalue weighted by Crippen LogP contribution is -2.14. The molecule has 0 bridgehead atoms. The van der Waals surface area contributed by atoms with Crippen LogP contribution in [0, 0.1) is 11.6 Å². The minimum atomic E-state index is -0.896. The summed E-state index contributed by atoms with van der Waals surface area (Å²) in [6.45, 7) is 0. The Hall–Kier alpha value is -2.06. The highest BCUT2D eigenvalue weighted by Gasteiger charge is 2.18. The zero-order valence-corrected chi connectivity index (χ0v) is 15.0. The maximum Gasteiger partial charge on any atom is 0.277 e. The minimum Gasteiger partial charge on any atom is -0.355 e. The van der Waals surface area contributed by atoms with Gasteiger partial charge in [-0.05, 0) is 34.1 Å². The normalized spacial score (nSPS) is 10.7. The molecule has 122 valence electrons. The smallest absolute Gasteiger partial charge is 0.277 e. The summed E-state index contributed by atoms with van der Waals surface area (Å²) < 4.78 is 33.0. The Morgan fingerprint density at radius 1 is 1.08 bits per heavy atom. The van der Waals surface area contributed by atoms with Crippen LogP contribution in [0.25, 0.3) is 11.3 Å². The van der Waals surface area contributed by atoms with Gasteiger partial charge in [0.1, 0.15) is 5.82 Å². The summed E-state index contributed by atoms with van der Waals surface area (Å²) >= 11 is 6.33. The van der Waals surface area contributed by atoms with Gasteiger partial charge in [0.15, 0.2) is 17.3 Å². The number of amides is 1. The lowest BCUT2D eigenvalue weighted by Gasteiger charge is -2.07. The fraction of sp³-hybridized carbons (Fsp3) is 0. The van der Waals surface area contributed by atoms with Gasteiger partial charge in [0, 0.05) is 26.6 Å². The Balaban J connectivity index is 1.83. The van der Waals surface area contributed by atoms with E-state index < -0.39 is 17.5 Å². The molecule has 0 saturated carbocycles. The second kappa shape index (κ2) is 6.82. The van der Waals surface area contributed by atoms with E-state index in [1.807, 2.05) is 12.1 Å². The number of nitrogens with one attached hydrogen (secondary N) is 1. The quantitative estimate of drug-likeness (QED) is 0.573. The Morgan fingerprint density at radius 2 is 1.79 bits per heavy atom. The van der Waals surface area contributed by atoms with E-state index in [2.05, 4.69) is 42.3 Å². The summed E-state index contributed by atoms with van der Waals surface area (Å²) in [5.41, 5.74) is 0.539. The molecule has 2 aromatic carbocycles. The van der Waals surface area contributed by atoms with Crippen molar-refractivity contribution in [3.05, 3.63) is 68.7 Å². The lowest BCUT2D eigenvalue weighted by atomic mass is 10.1. The molecule has 4 nitrogen and oxygen atoms in total. The summed E-state index contributed by atoms with van der Waals surface area (Å²) in [6.07, 6.45) is 0. The summed E-state index contributed by atoms with van der Waals surface area (Å²) in [7, 11) is 0. The summed E-state index contributed by atoms with van der Waals surface area (Å²) in [5.74, 6) is -1.93. The maximum atomic E-state index is 13.8. The first-order valence-corrected chi connectivity index (χ1v) is 8.21. The molecule has 3 rings (SSSR count). The molecule has 0 spiro atoms. The number of benzene rings is 2. The van der Waals surface area contributed by atoms with Crippen molar-refractivity contribution in [2.75, 3.05) is 5.32 Å². The third kappa shape index (κ3) is 3.54. The van der Waals surface area contributed by atoms with E-state index in [0.29, 0.717) is 11.8 Å². The van der Waals surface area contributed by atoms with Crippen molar-refractivity contribution < 1.29 is 18.1 Å². The van der Waals surface area contributed by atoms with Crippen LogP contribution in [0.4, 0.5) is 14.5 Å². The van der Waals surface area contributed by atoms with Crippen LogP contribution < -0.4 is 5.32 Å². The van der Waals surface area contributed by atoms with Crippen LogP contribution in [-0.2, 0) is 0 Å². The number of carbonyl (C=O) groups excluding carboxylic acids is 1. The number of hydrogen-bond donors (Lipinski definition) is 1. The standard InChI is InChI=1S/C16H8Br2F2N2O2/c17-9-3-1-8(2-4-9)14-7-13(22-24-14)16(23)21-15-11(18)5-10(19)6-12(15)20/h1-7H,(H,21,23). The molecular weight excluding hydrogens is 450 g/mol. The van der Waals surface area contributed by atoms with Crippen molar-refractivity contribution in [3.63, 3.8) is 0 Å². The van der Waals surface area contributed by atoms with Gasteiger partial charge in [-0.2, -0.15) is 0 Å². The largest absolute Gasteiger partial charge is 0.355 e. The molecular formula is C16H8Br2F2N2O2. The second-order valence-corrected chi connectivity index (χ2v) is 6.55. The molecule has 24 heavy (non-hydrogen) atoms. The first-order chi connectivity index (χ1) is 11.4. The molecule has 8 heteroatoms. The zero-order chi connectivity index (χ0) is 17.3. The number of rotatable bonds is 3. The van der Waals surface area contributed by atoms with Crippen LogP contribution in [-0.4, -0.2) is 11.1 Å². The lowest BCUT2D eigenvalue weighted by molar-refractivity contribution is 0.101. The van der Waals surface area contributed by atoms with E-state index in [4.69, 9.17) is 4.52 Å². The highest BCUT2D eigenvalue weighted by molar-refractivity contribution is 9.10. The third-order valence-electron chi connectivity index (χ3n) is 3.12. The fourth-order valence-corrected chi connectivity index (χ4v) is 2.74. The predicted octanol–water partition coefficient (Wildman–Crippen LogP) is 5.40. The van der Waals surface area contributed by atoms with E-state index in [1.54, 1.807) is 12.1 Å². The molecule has 0 atom stereocenters. The summed E-state index contributed by atoms with van der Waals surface area (Å²) in [6, 6.07) is 10.4. The molecule has 0 unspecified atom stereocenters. The fourth-order valence-electron chi connectivity index (χ4n) is 1.97. The molecule has 1 N–H and O–H groups in total. The number of nitrogens with zero attached hydrogens (tertiary/aromatic N) is 1. The van der Waals surface area contributed by atoms with Gasteiger partial charge in [-0.3, -0.25) is 4.79 Å². The monoisotopic (exact) mass is 456 g/mol. The topological polar surface area (TPSA) is 55.1 Å². The Labute approximate surface area is 152 Å². The van der Waals surface area contributed by atoms with Crippen molar-refractivity contribution >= 4 is 43.5 Å². The zero-order valence-electron chi connectivity index (χ0n) is 11.8. The van der Waals surface area contributed by atoms with Gasteiger partial charge in [0.25, 0.3) is 5.91 Å². The van der Waals surface area contributed by atoms with Crippen LogP contribution in [0.3, 0.4) is 0 Å². The molecule has 0 aliphatic rings. The van der Waals surface area contributed by atoms with Gasteiger partial charge < -0.3 is 9.84 Å². The molecule has 0 fully saturated rings. The van der Waals surface area contributed by atoms with Crippen LogP contribution in [0.15, 0.2) is 55.9 Å². The van der Waals surface area contributed by atoms with E-state index in [0.717, 1.165) is 16.1 Å². The minimum absolute atomic E-state index is 0.0245. The van der Waals surface area contributed by atoms with Gasteiger partial charge in [0.05, 0.1) is 5.69 Å². The van der Waals surface area contributed by atoms with Crippen LogP contribution in [0.1, 0.15) is 10.5 Å². The van der Waals surface area contributed by atoms with Crippen molar-refractivity contribution in [3.8, 4) is 11.3 Å². The van der Waals surface area contributed by atoms with E-state index in [-0.39, 0.29) is 15.9 Å². The maximum absolute atomic E-state index is 13.8. The molecule has 0 radical (unpaired) electrons. The Kier molecular flexibility index (Phi) is 4.77. The SMILES string of the molecule is O=C(Nc1c(F)cc(F)cc1Br)c1cc(-c2ccc(Br)cc2)on1. The van der Waals surface area contributed by atoms with Crippen molar-refractivity contribution in [1.82, 2.24) is 5.16 Å². The first-order valence-electron chi connectivity index (χ1n) is 6.62. The molecule has 0 saturated heterocycles. The first kappa shape index (κ1) is 16.8. The van der Waals surface area contributed by atoms with Crippen molar-refractivity contribution in [1.29, 1.82) is 0 Å². The molecule has 0 aliphatic carbocycles. The number of anilines is 1. The van der Waals surface area contributed by atoms with Gasteiger partial charge in [-0.15, -0.1) is 0 Å². The van der Waals surface area contributed by atoms with Gasteiger partial charge in [-0.1, -0.05) is 33.2 Å². The van der Waals surface area contributed by atoms with Crippen molar-refractivity contribution in [2.24, 2.45) is 0 Å². The summed E-state index contributed by atoms with van der Waals surface area (Å²) in [4.78, 5) is 12.2. The molecule has 1 heterocycles. The van der Waals surface area contributed by atoms with Gasteiger partial charge in [0.2, 0.25) is 0 Å². The molecule has 3 aromatic rings. The second-order valence-electron chi connectivity index (χ2n) is 4.78. The van der Waals surface area contributed by atoms with Gasteiger partial charge in [-0.25, -0.2) is 8.78 Å². The van der Waals surface area contributed by atoms with E-state index >= 15 is 0 Å².